The van der Waals surface area contributed by atoms with Gasteiger partial charge in [-0.2, -0.15) is 5.11 Å². The van der Waals surface area contributed by atoms with E-state index < -0.39 is 0 Å². The van der Waals surface area contributed by atoms with Gasteiger partial charge in [0.1, 0.15) is 0 Å². The summed E-state index contributed by atoms with van der Waals surface area (Å²) in [6, 6.07) is 0.351. The molecule has 2 atom stereocenters. The summed E-state index contributed by atoms with van der Waals surface area (Å²) in [7, 11) is 0. The standard InChI is InChI=1S/C12H25N3/c1-8(2)10-6-5-7-11(9(3)4)12(10)14-15-13/h8-12H,5-7H2,1-4H3,(H2,13,14). The topological polar surface area (TPSA) is 50.7 Å². The van der Waals surface area contributed by atoms with E-state index >= 15 is 0 Å². The van der Waals surface area contributed by atoms with E-state index in [9.17, 15) is 0 Å². The predicted molar refractivity (Wildman–Crippen MR) is 63.3 cm³/mol. The van der Waals surface area contributed by atoms with Crippen molar-refractivity contribution < 1.29 is 0 Å². The van der Waals surface area contributed by atoms with Crippen LogP contribution in [0.5, 0.6) is 0 Å². The molecule has 1 aliphatic rings. The number of nitrogens with two attached hydrogens (primary N) is 1. The fourth-order valence-electron chi connectivity index (χ4n) is 2.95. The highest BCUT2D eigenvalue weighted by Gasteiger charge is 2.36. The first kappa shape index (κ1) is 12.5. The molecule has 0 aromatic carbocycles. The average Bonchev–Trinajstić information content (AvgIpc) is 2.17. The quantitative estimate of drug-likeness (QED) is 0.434. The van der Waals surface area contributed by atoms with Crippen LogP contribution in [0.4, 0.5) is 0 Å². The Morgan fingerprint density at radius 3 is 1.80 bits per heavy atom. The zero-order chi connectivity index (χ0) is 11.4. The molecule has 0 heterocycles. The van der Waals surface area contributed by atoms with Crippen molar-refractivity contribution >= 4 is 0 Å². The van der Waals surface area contributed by atoms with E-state index in [4.69, 9.17) is 5.84 Å². The fourth-order valence-corrected chi connectivity index (χ4v) is 2.95. The monoisotopic (exact) mass is 211 g/mol. The summed E-state index contributed by atoms with van der Waals surface area (Å²) in [6.07, 6.45) is 3.90. The zero-order valence-electron chi connectivity index (χ0n) is 10.5. The van der Waals surface area contributed by atoms with E-state index in [0.717, 1.165) is 0 Å². The lowest BCUT2D eigenvalue weighted by Crippen LogP contribution is -2.37. The van der Waals surface area contributed by atoms with Crippen molar-refractivity contribution in [3.05, 3.63) is 0 Å². The van der Waals surface area contributed by atoms with E-state index in [1.807, 2.05) is 0 Å². The van der Waals surface area contributed by atoms with Crippen LogP contribution in [0, 0.1) is 23.7 Å². The first-order chi connectivity index (χ1) is 7.07. The van der Waals surface area contributed by atoms with Crippen LogP contribution in [-0.2, 0) is 0 Å². The normalized spacial score (nSPS) is 33.1. The summed E-state index contributed by atoms with van der Waals surface area (Å²) < 4.78 is 0. The van der Waals surface area contributed by atoms with Crippen LogP contribution in [-0.4, -0.2) is 6.04 Å². The van der Waals surface area contributed by atoms with Crippen LogP contribution in [0.25, 0.3) is 0 Å². The molecule has 0 aliphatic heterocycles. The summed E-state index contributed by atoms with van der Waals surface area (Å²) in [5.41, 5.74) is 0. The first-order valence-electron chi connectivity index (χ1n) is 6.18. The molecular formula is C12H25N3. The molecule has 0 radical (unpaired) electrons. The van der Waals surface area contributed by atoms with Crippen molar-refractivity contribution in [2.24, 2.45) is 39.9 Å². The van der Waals surface area contributed by atoms with Gasteiger partial charge in [0.05, 0.1) is 6.04 Å². The van der Waals surface area contributed by atoms with Crippen LogP contribution in [0.3, 0.4) is 0 Å². The molecule has 2 N–H and O–H groups in total. The van der Waals surface area contributed by atoms with Gasteiger partial charge in [-0.05, 0) is 36.5 Å². The molecule has 0 aromatic rings. The maximum atomic E-state index is 5.24. The van der Waals surface area contributed by atoms with Gasteiger partial charge < -0.3 is 5.84 Å². The fraction of sp³-hybridized carbons (Fsp3) is 1.00. The third kappa shape index (κ3) is 2.93. The Kier molecular flexibility index (Phi) is 4.55. The number of hydrogen-bond donors (Lipinski definition) is 1. The predicted octanol–water partition coefficient (Wildman–Crippen LogP) is 3.41. The maximum Gasteiger partial charge on any atom is 0.0790 e. The molecule has 1 aliphatic carbocycles. The second-order valence-corrected chi connectivity index (χ2v) is 5.47. The Morgan fingerprint density at radius 1 is 1.00 bits per heavy atom. The second-order valence-electron chi connectivity index (χ2n) is 5.47. The third-order valence-electron chi connectivity index (χ3n) is 3.86. The minimum Gasteiger partial charge on any atom is -0.305 e. The first-order valence-corrected chi connectivity index (χ1v) is 6.18. The van der Waals surface area contributed by atoms with Gasteiger partial charge in [0.2, 0.25) is 0 Å². The van der Waals surface area contributed by atoms with E-state index in [0.29, 0.717) is 29.7 Å². The third-order valence-corrected chi connectivity index (χ3v) is 3.86. The molecule has 1 fully saturated rings. The van der Waals surface area contributed by atoms with Crippen LogP contribution >= 0.6 is 0 Å². The Bertz CT molecular complexity index is 195. The lowest BCUT2D eigenvalue weighted by Gasteiger charge is -2.39. The van der Waals surface area contributed by atoms with Crippen LogP contribution < -0.4 is 5.84 Å². The van der Waals surface area contributed by atoms with Crippen LogP contribution in [0.1, 0.15) is 47.0 Å². The number of hydrogen-bond acceptors (Lipinski definition) is 2. The van der Waals surface area contributed by atoms with Gasteiger partial charge in [0.15, 0.2) is 0 Å². The van der Waals surface area contributed by atoms with E-state index in [-0.39, 0.29) is 0 Å². The number of nitrogens with zero attached hydrogens (tertiary/aromatic N) is 2. The van der Waals surface area contributed by atoms with Crippen LogP contribution in [0.2, 0.25) is 0 Å². The Labute approximate surface area is 93.5 Å². The van der Waals surface area contributed by atoms with Crippen molar-refractivity contribution in [3.63, 3.8) is 0 Å². The highest BCUT2D eigenvalue weighted by Crippen LogP contribution is 2.39. The van der Waals surface area contributed by atoms with Gasteiger partial charge in [-0.3, -0.25) is 0 Å². The van der Waals surface area contributed by atoms with E-state index in [2.05, 4.69) is 38.0 Å². The average molecular weight is 211 g/mol. The van der Waals surface area contributed by atoms with Gasteiger partial charge in [-0.15, -0.1) is 0 Å². The van der Waals surface area contributed by atoms with Gasteiger partial charge in [-0.1, -0.05) is 39.3 Å². The molecule has 3 nitrogen and oxygen atoms in total. The van der Waals surface area contributed by atoms with Crippen molar-refractivity contribution in [1.29, 1.82) is 0 Å². The molecule has 1 saturated carbocycles. The summed E-state index contributed by atoms with van der Waals surface area (Å²) in [5, 5.41) is 7.84. The van der Waals surface area contributed by atoms with Gasteiger partial charge in [0.25, 0.3) is 0 Å². The molecular weight excluding hydrogens is 186 g/mol. The van der Waals surface area contributed by atoms with Crippen molar-refractivity contribution in [1.82, 2.24) is 0 Å². The second kappa shape index (κ2) is 5.47. The summed E-state index contributed by atoms with van der Waals surface area (Å²) in [5.74, 6) is 7.94. The molecule has 15 heavy (non-hydrogen) atoms. The smallest absolute Gasteiger partial charge is 0.0790 e. The summed E-state index contributed by atoms with van der Waals surface area (Å²) in [6.45, 7) is 9.14. The molecule has 88 valence electrons. The minimum absolute atomic E-state index is 0.351. The van der Waals surface area contributed by atoms with Crippen molar-refractivity contribution in [3.8, 4) is 0 Å². The molecule has 0 amide bonds. The SMILES string of the molecule is CC(C)C1CCCC(C(C)C)C1N=NN. The Balaban J connectivity index is 2.80. The lowest BCUT2D eigenvalue weighted by atomic mass is 9.69. The Hall–Kier alpha value is -0.600. The van der Waals surface area contributed by atoms with Gasteiger partial charge in [-0.25, -0.2) is 0 Å². The zero-order valence-corrected chi connectivity index (χ0v) is 10.5. The van der Waals surface area contributed by atoms with Gasteiger partial charge in [0, 0.05) is 0 Å². The van der Waals surface area contributed by atoms with E-state index in [1.165, 1.54) is 19.3 Å². The van der Waals surface area contributed by atoms with Crippen LogP contribution in [0.15, 0.2) is 10.3 Å². The molecule has 0 bridgehead atoms. The van der Waals surface area contributed by atoms with Crippen molar-refractivity contribution in [2.45, 2.75) is 53.0 Å². The highest BCUT2D eigenvalue weighted by atomic mass is 15.3. The molecule has 2 unspecified atom stereocenters. The molecule has 1 rings (SSSR count). The molecule has 0 aromatic heterocycles. The molecule has 0 saturated heterocycles. The number of rotatable bonds is 3. The molecule has 3 heteroatoms. The van der Waals surface area contributed by atoms with Gasteiger partial charge >= 0.3 is 0 Å². The van der Waals surface area contributed by atoms with Crippen molar-refractivity contribution in [2.75, 3.05) is 0 Å². The highest BCUT2D eigenvalue weighted by molar-refractivity contribution is 4.89. The largest absolute Gasteiger partial charge is 0.305 e. The lowest BCUT2D eigenvalue weighted by molar-refractivity contribution is 0.137. The molecule has 0 spiro atoms. The van der Waals surface area contributed by atoms with E-state index in [1.54, 1.807) is 0 Å². The Morgan fingerprint density at radius 2 is 1.47 bits per heavy atom. The summed E-state index contributed by atoms with van der Waals surface area (Å²) in [4.78, 5) is 0. The minimum atomic E-state index is 0.351. The maximum absolute atomic E-state index is 5.24. The summed E-state index contributed by atoms with van der Waals surface area (Å²) >= 11 is 0.